The molecule has 21 heavy (non-hydrogen) atoms. The predicted octanol–water partition coefficient (Wildman–Crippen LogP) is 4.42. The lowest BCUT2D eigenvalue weighted by Crippen LogP contribution is -2.15. The van der Waals surface area contributed by atoms with Crippen molar-refractivity contribution >= 4 is 70.9 Å². The van der Waals surface area contributed by atoms with E-state index in [9.17, 15) is 8.42 Å². The van der Waals surface area contributed by atoms with Gasteiger partial charge < -0.3 is 0 Å². The van der Waals surface area contributed by atoms with Gasteiger partial charge in [-0.2, -0.15) is 4.98 Å². The number of benzene rings is 1. The minimum absolute atomic E-state index is 0.0106. The van der Waals surface area contributed by atoms with Crippen molar-refractivity contribution in [3.63, 3.8) is 0 Å². The van der Waals surface area contributed by atoms with Gasteiger partial charge in [-0.15, -0.1) is 0 Å². The van der Waals surface area contributed by atoms with Crippen LogP contribution in [0.5, 0.6) is 0 Å². The van der Waals surface area contributed by atoms with Gasteiger partial charge in [0.2, 0.25) is 5.28 Å². The van der Waals surface area contributed by atoms with Gasteiger partial charge in [0.1, 0.15) is 15.9 Å². The van der Waals surface area contributed by atoms with Crippen molar-refractivity contribution < 1.29 is 8.42 Å². The highest BCUT2D eigenvalue weighted by atomic mass is 79.9. The van der Waals surface area contributed by atoms with E-state index in [2.05, 4.69) is 46.5 Å². The van der Waals surface area contributed by atoms with Gasteiger partial charge in [-0.05, 0) is 52.2 Å². The summed E-state index contributed by atoms with van der Waals surface area (Å²) in [7, 11) is -3.85. The Balaban J connectivity index is 2.45. The van der Waals surface area contributed by atoms with Crippen LogP contribution in [0.15, 0.2) is 32.0 Å². The minimum Gasteiger partial charge on any atom is -0.263 e. The molecule has 1 heterocycles. The molecule has 2 rings (SSSR count). The zero-order chi connectivity index (χ0) is 15.8. The van der Waals surface area contributed by atoms with Crippen LogP contribution in [0.2, 0.25) is 10.4 Å². The molecule has 0 fully saturated rings. The van der Waals surface area contributed by atoms with E-state index in [0.717, 1.165) is 5.56 Å². The van der Waals surface area contributed by atoms with Crippen LogP contribution in [0.4, 0.5) is 5.82 Å². The molecule has 0 bridgehead atoms. The summed E-state index contributed by atoms with van der Waals surface area (Å²) >= 11 is 17.9. The molecule has 2 aromatic rings. The summed E-state index contributed by atoms with van der Waals surface area (Å²) in [6.45, 7) is 1.85. The number of hydrogen-bond acceptors (Lipinski definition) is 4. The van der Waals surface area contributed by atoms with Gasteiger partial charge in [0.05, 0.1) is 0 Å². The number of rotatable bonds is 3. The van der Waals surface area contributed by atoms with E-state index in [-0.39, 0.29) is 21.2 Å². The molecule has 1 aromatic carbocycles. The normalized spacial score (nSPS) is 11.5. The third kappa shape index (κ3) is 4.07. The van der Waals surface area contributed by atoms with Crippen molar-refractivity contribution in [2.75, 3.05) is 4.72 Å². The summed E-state index contributed by atoms with van der Waals surface area (Å²) in [4.78, 5) is 7.48. The number of aryl methyl sites for hydroxylation is 1. The average molecular weight is 476 g/mol. The van der Waals surface area contributed by atoms with Crippen molar-refractivity contribution in [2.24, 2.45) is 0 Å². The molecule has 0 amide bonds. The summed E-state index contributed by atoms with van der Waals surface area (Å²) < 4.78 is 28.2. The quantitative estimate of drug-likeness (QED) is 0.527. The van der Waals surface area contributed by atoms with E-state index >= 15 is 0 Å². The lowest BCUT2D eigenvalue weighted by Gasteiger charge is -2.11. The van der Waals surface area contributed by atoms with E-state index in [1.807, 2.05) is 6.92 Å². The standard InChI is InChI=1S/C11H7Br2Cl2N3O2S/c1-5-2-7(13)8(3-6(5)12)21(19,20)18-10-4-9(14)16-11(15)17-10/h2-4H,1H3,(H,16,17,18). The molecule has 0 unspecified atom stereocenters. The van der Waals surface area contributed by atoms with Crippen molar-refractivity contribution in [1.29, 1.82) is 0 Å². The minimum atomic E-state index is -3.85. The number of sulfonamides is 1. The number of nitrogens with one attached hydrogen (secondary N) is 1. The number of anilines is 1. The molecule has 0 spiro atoms. The third-order valence-corrected chi connectivity index (χ3v) is 5.94. The average Bonchev–Trinajstić information content (AvgIpc) is 2.31. The van der Waals surface area contributed by atoms with Crippen LogP contribution in [-0.2, 0) is 10.0 Å². The maximum Gasteiger partial charge on any atom is 0.264 e. The van der Waals surface area contributed by atoms with Crippen LogP contribution in [0, 0.1) is 6.92 Å². The molecule has 1 aromatic heterocycles. The number of halogens is 4. The first-order valence-corrected chi connectivity index (χ1v) is 9.20. The molecule has 0 saturated carbocycles. The fourth-order valence-corrected chi connectivity index (χ4v) is 4.55. The van der Waals surface area contributed by atoms with Crippen LogP contribution >= 0.6 is 55.1 Å². The summed E-state index contributed by atoms with van der Waals surface area (Å²) in [5.41, 5.74) is 0.897. The second kappa shape index (κ2) is 6.37. The summed E-state index contributed by atoms with van der Waals surface area (Å²) in [6.07, 6.45) is 0. The van der Waals surface area contributed by atoms with Crippen molar-refractivity contribution in [1.82, 2.24) is 9.97 Å². The summed E-state index contributed by atoms with van der Waals surface area (Å²) in [5.74, 6) is -0.0106. The van der Waals surface area contributed by atoms with Crippen LogP contribution < -0.4 is 4.72 Å². The smallest absolute Gasteiger partial charge is 0.263 e. The molecule has 0 radical (unpaired) electrons. The second-order valence-corrected chi connectivity index (χ2v) is 8.07. The molecule has 0 saturated heterocycles. The van der Waals surface area contributed by atoms with Gasteiger partial charge >= 0.3 is 0 Å². The first-order valence-electron chi connectivity index (χ1n) is 5.37. The molecule has 0 aliphatic carbocycles. The Morgan fingerprint density at radius 3 is 2.38 bits per heavy atom. The van der Waals surface area contributed by atoms with Crippen LogP contribution in [0.1, 0.15) is 5.56 Å². The molecule has 10 heteroatoms. The zero-order valence-electron chi connectivity index (χ0n) is 10.4. The third-order valence-electron chi connectivity index (χ3n) is 2.41. The number of nitrogens with zero attached hydrogens (tertiary/aromatic N) is 2. The van der Waals surface area contributed by atoms with Crippen molar-refractivity contribution in [3.8, 4) is 0 Å². The Morgan fingerprint density at radius 2 is 1.76 bits per heavy atom. The van der Waals surface area contributed by atoms with E-state index in [1.165, 1.54) is 12.1 Å². The highest BCUT2D eigenvalue weighted by Crippen LogP contribution is 2.30. The van der Waals surface area contributed by atoms with Gasteiger partial charge in [0.15, 0.2) is 0 Å². The Kier molecular flexibility index (Phi) is 5.15. The maximum absolute atomic E-state index is 12.4. The second-order valence-electron chi connectivity index (χ2n) is 3.98. The lowest BCUT2D eigenvalue weighted by molar-refractivity contribution is 0.600. The van der Waals surface area contributed by atoms with Gasteiger partial charge in [-0.25, -0.2) is 13.4 Å². The molecule has 5 nitrogen and oxygen atoms in total. The zero-order valence-corrected chi connectivity index (χ0v) is 15.9. The van der Waals surface area contributed by atoms with Gasteiger partial charge in [0.25, 0.3) is 10.0 Å². The lowest BCUT2D eigenvalue weighted by atomic mass is 10.2. The monoisotopic (exact) mass is 473 g/mol. The summed E-state index contributed by atoms with van der Waals surface area (Å²) in [5, 5.41) is -0.110. The maximum atomic E-state index is 12.4. The van der Waals surface area contributed by atoms with Crippen LogP contribution in [-0.4, -0.2) is 18.4 Å². The molecule has 112 valence electrons. The molecule has 0 aliphatic heterocycles. The van der Waals surface area contributed by atoms with Gasteiger partial charge in [0, 0.05) is 15.0 Å². The fraction of sp³-hybridized carbons (Fsp3) is 0.0909. The highest BCUT2D eigenvalue weighted by Gasteiger charge is 2.20. The van der Waals surface area contributed by atoms with E-state index in [0.29, 0.717) is 8.95 Å². The Bertz CT molecular complexity index is 795. The van der Waals surface area contributed by atoms with Crippen molar-refractivity contribution in [2.45, 2.75) is 11.8 Å². The van der Waals surface area contributed by atoms with Crippen molar-refractivity contribution in [3.05, 3.63) is 43.1 Å². The molecule has 1 N–H and O–H groups in total. The Labute approximate surface area is 148 Å². The molecule has 0 atom stereocenters. The fourth-order valence-electron chi connectivity index (χ4n) is 1.47. The Morgan fingerprint density at radius 1 is 1.10 bits per heavy atom. The molecular weight excluding hydrogens is 469 g/mol. The molecular formula is C11H7Br2Cl2N3O2S. The number of aromatic nitrogens is 2. The summed E-state index contributed by atoms with van der Waals surface area (Å²) in [6, 6.07) is 4.45. The van der Waals surface area contributed by atoms with Crippen LogP contribution in [0.3, 0.4) is 0 Å². The van der Waals surface area contributed by atoms with E-state index < -0.39 is 10.0 Å². The highest BCUT2D eigenvalue weighted by molar-refractivity contribution is 9.11. The van der Waals surface area contributed by atoms with E-state index in [4.69, 9.17) is 23.2 Å². The largest absolute Gasteiger partial charge is 0.264 e. The Hall–Kier alpha value is -0.410. The topological polar surface area (TPSA) is 72.0 Å². The first-order chi connectivity index (χ1) is 9.69. The van der Waals surface area contributed by atoms with Crippen LogP contribution in [0.25, 0.3) is 0 Å². The van der Waals surface area contributed by atoms with Gasteiger partial charge in [-0.1, -0.05) is 27.5 Å². The van der Waals surface area contributed by atoms with E-state index in [1.54, 1.807) is 6.07 Å². The van der Waals surface area contributed by atoms with Gasteiger partial charge in [-0.3, -0.25) is 4.72 Å². The SMILES string of the molecule is Cc1cc(Br)c(S(=O)(=O)Nc2cc(Cl)nc(Cl)n2)cc1Br. The predicted molar refractivity (Wildman–Crippen MR) is 89.4 cm³/mol. The first kappa shape index (κ1) is 17.0. The number of hydrogen-bond donors (Lipinski definition) is 1. The molecule has 0 aliphatic rings.